The van der Waals surface area contributed by atoms with Crippen molar-refractivity contribution in [2.45, 2.75) is 44.3 Å². The number of nitrogens with one attached hydrogen (secondary N) is 1. The van der Waals surface area contributed by atoms with Crippen LogP contribution in [0.25, 0.3) is 11.1 Å². The van der Waals surface area contributed by atoms with Crippen LogP contribution in [-0.2, 0) is 25.5 Å². The van der Waals surface area contributed by atoms with Gasteiger partial charge in [-0.1, -0.05) is 61.5 Å². The van der Waals surface area contributed by atoms with E-state index in [9.17, 15) is 9.59 Å². The van der Waals surface area contributed by atoms with Crippen molar-refractivity contribution in [2.24, 2.45) is 0 Å². The molecule has 2 aromatic rings. The van der Waals surface area contributed by atoms with E-state index in [2.05, 4.69) is 23.5 Å². The van der Waals surface area contributed by atoms with E-state index < -0.39 is 11.7 Å². The van der Waals surface area contributed by atoms with Crippen LogP contribution < -0.4 is 5.32 Å². The van der Waals surface area contributed by atoms with Gasteiger partial charge in [-0.2, -0.15) is 0 Å². The summed E-state index contributed by atoms with van der Waals surface area (Å²) in [5.74, 6) is -0.193. The number of morpholine rings is 1. The average molecular weight is 437 g/mol. The molecule has 2 aliphatic rings. The van der Waals surface area contributed by atoms with Gasteiger partial charge < -0.3 is 19.7 Å². The maximum atomic E-state index is 13.4. The lowest BCUT2D eigenvalue weighted by Gasteiger charge is -2.42. The smallest absolute Gasteiger partial charge is 0.254 e. The van der Waals surface area contributed by atoms with E-state index >= 15 is 0 Å². The van der Waals surface area contributed by atoms with Gasteiger partial charge >= 0.3 is 0 Å². The van der Waals surface area contributed by atoms with Gasteiger partial charge in [0.2, 0.25) is 0 Å². The Kier molecular flexibility index (Phi) is 7.22. The van der Waals surface area contributed by atoms with Crippen molar-refractivity contribution >= 4 is 11.8 Å². The lowest BCUT2D eigenvalue weighted by atomic mass is 9.87. The zero-order valence-electron chi connectivity index (χ0n) is 18.7. The third kappa shape index (κ3) is 4.87. The molecule has 170 valence electrons. The van der Waals surface area contributed by atoms with Gasteiger partial charge in [0, 0.05) is 26.1 Å². The molecule has 2 saturated heterocycles. The van der Waals surface area contributed by atoms with E-state index in [1.807, 2.05) is 43.3 Å². The molecule has 0 spiro atoms. The van der Waals surface area contributed by atoms with E-state index in [0.717, 1.165) is 36.0 Å². The topological polar surface area (TPSA) is 67.9 Å². The second-order valence-corrected chi connectivity index (χ2v) is 8.56. The van der Waals surface area contributed by atoms with Crippen molar-refractivity contribution in [3.63, 3.8) is 0 Å². The predicted octanol–water partition coefficient (Wildman–Crippen LogP) is 3.20. The molecule has 1 N–H and O–H groups in total. The number of nitrogens with zero attached hydrogens (tertiary/aromatic N) is 1. The van der Waals surface area contributed by atoms with Crippen molar-refractivity contribution in [3.05, 3.63) is 60.2 Å². The summed E-state index contributed by atoms with van der Waals surface area (Å²) >= 11 is 0. The SMILES string of the molecule is CCCNC(=O)C1(Cc2ccccc2-c2ccccc2)CN(C(=O)C2CCCO2)CCO1. The van der Waals surface area contributed by atoms with Crippen LogP contribution in [0.4, 0.5) is 0 Å². The van der Waals surface area contributed by atoms with Gasteiger partial charge in [0.05, 0.1) is 13.2 Å². The van der Waals surface area contributed by atoms with Crippen LogP contribution >= 0.6 is 0 Å². The molecule has 2 amide bonds. The summed E-state index contributed by atoms with van der Waals surface area (Å²) in [6.45, 7) is 4.24. The van der Waals surface area contributed by atoms with Crippen LogP contribution in [-0.4, -0.2) is 61.3 Å². The van der Waals surface area contributed by atoms with E-state index in [-0.39, 0.29) is 18.4 Å². The molecule has 6 heteroatoms. The van der Waals surface area contributed by atoms with Gasteiger partial charge in [-0.15, -0.1) is 0 Å². The highest BCUT2D eigenvalue weighted by molar-refractivity contribution is 5.88. The van der Waals surface area contributed by atoms with Crippen LogP contribution in [0.1, 0.15) is 31.7 Å². The number of amides is 2. The molecule has 32 heavy (non-hydrogen) atoms. The monoisotopic (exact) mass is 436 g/mol. The fraction of sp³-hybridized carbons (Fsp3) is 0.462. The van der Waals surface area contributed by atoms with Crippen molar-refractivity contribution in [3.8, 4) is 11.1 Å². The first-order valence-electron chi connectivity index (χ1n) is 11.6. The summed E-state index contributed by atoms with van der Waals surface area (Å²) in [5.41, 5.74) is 2.06. The molecule has 6 nitrogen and oxygen atoms in total. The Bertz CT molecular complexity index is 926. The van der Waals surface area contributed by atoms with Gasteiger partial charge in [-0.25, -0.2) is 0 Å². The molecule has 0 aliphatic carbocycles. The molecule has 0 bridgehead atoms. The van der Waals surface area contributed by atoms with Crippen molar-refractivity contribution < 1.29 is 19.1 Å². The quantitative estimate of drug-likeness (QED) is 0.724. The molecule has 2 aliphatic heterocycles. The van der Waals surface area contributed by atoms with E-state index in [1.165, 1.54) is 0 Å². The molecule has 0 saturated carbocycles. The molecular formula is C26H32N2O4. The lowest BCUT2D eigenvalue weighted by Crippen LogP contribution is -2.63. The number of rotatable bonds is 7. The standard InChI is InChI=1S/C26H32N2O4/c1-2-14-27-25(30)26(19-28(15-17-32-26)24(29)23-13-8-16-31-23)18-21-11-6-7-12-22(21)20-9-4-3-5-10-20/h3-7,9-12,23H,2,8,13-19H2,1H3,(H,27,30). The van der Waals surface area contributed by atoms with Gasteiger partial charge in [0.15, 0.2) is 5.60 Å². The summed E-state index contributed by atoms with van der Waals surface area (Å²) in [4.78, 5) is 28.3. The molecule has 2 unspecified atom stereocenters. The van der Waals surface area contributed by atoms with Crippen LogP contribution in [0.2, 0.25) is 0 Å². The van der Waals surface area contributed by atoms with Crippen molar-refractivity contribution in [1.29, 1.82) is 0 Å². The van der Waals surface area contributed by atoms with Gasteiger partial charge in [0.25, 0.3) is 11.8 Å². The normalized spacial score (nSPS) is 23.2. The Morgan fingerprint density at radius 1 is 1.09 bits per heavy atom. The first-order valence-corrected chi connectivity index (χ1v) is 11.6. The third-order valence-electron chi connectivity index (χ3n) is 6.23. The number of benzene rings is 2. The van der Waals surface area contributed by atoms with Crippen LogP contribution in [0.5, 0.6) is 0 Å². The van der Waals surface area contributed by atoms with Crippen LogP contribution in [0, 0.1) is 0 Å². The Labute approximate surface area is 189 Å². The van der Waals surface area contributed by atoms with Gasteiger partial charge in [-0.3, -0.25) is 9.59 Å². The molecule has 2 aromatic carbocycles. The minimum absolute atomic E-state index is 0.0326. The van der Waals surface area contributed by atoms with Crippen molar-refractivity contribution in [2.75, 3.05) is 32.8 Å². The first kappa shape index (κ1) is 22.5. The number of carbonyl (C=O) groups excluding carboxylic acids is 2. The largest absolute Gasteiger partial charge is 0.368 e. The van der Waals surface area contributed by atoms with Gasteiger partial charge in [0.1, 0.15) is 6.10 Å². The summed E-state index contributed by atoms with van der Waals surface area (Å²) in [7, 11) is 0. The van der Waals surface area contributed by atoms with Crippen molar-refractivity contribution in [1.82, 2.24) is 10.2 Å². The second-order valence-electron chi connectivity index (χ2n) is 8.56. The summed E-state index contributed by atoms with van der Waals surface area (Å²) in [6, 6.07) is 18.2. The number of hydrogen-bond acceptors (Lipinski definition) is 4. The molecule has 2 heterocycles. The maximum Gasteiger partial charge on any atom is 0.254 e. The molecule has 0 radical (unpaired) electrons. The summed E-state index contributed by atoms with van der Waals surface area (Å²) in [6.07, 6.45) is 2.46. The molecule has 0 aromatic heterocycles. The van der Waals surface area contributed by atoms with E-state index in [0.29, 0.717) is 32.7 Å². The minimum atomic E-state index is -1.13. The minimum Gasteiger partial charge on any atom is -0.368 e. The molecular weight excluding hydrogens is 404 g/mol. The Hall–Kier alpha value is -2.70. The van der Waals surface area contributed by atoms with Gasteiger partial charge in [-0.05, 0) is 36.0 Å². The second kappa shape index (κ2) is 10.3. The molecule has 2 atom stereocenters. The number of ether oxygens (including phenoxy) is 2. The molecule has 2 fully saturated rings. The third-order valence-corrected chi connectivity index (χ3v) is 6.23. The fourth-order valence-corrected chi connectivity index (χ4v) is 4.55. The van der Waals surface area contributed by atoms with E-state index in [4.69, 9.17) is 9.47 Å². The van der Waals surface area contributed by atoms with E-state index in [1.54, 1.807) is 4.90 Å². The summed E-state index contributed by atoms with van der Waals surface area (Å²) < 4.78 is 11.8. The first-order chi connectivity index (χ1) is 15.6. The lowest BCUT2D eigenvalue weighted by molar-refractivity contribution is -0.169. The highest BCUT2D eigenvalue weighted by Crippen LogP contribution is 2.31. The maximum absolute atomic E-state index is 13.4. The number of carbonyl (C=O) groups is 2. The molecule has 4 rings (SSSR count). The Morgan fingerprint density at radius 3 is 2.62 bits per heavy atom. The highest BCUT2D eigenvalue weighted by atomic mass is 16.5. The Morgan fingerprint density at radius 2 is 1.88 bits per heavy atom. The Balaban J connectivity index is 1.64. The average Bonchev–Trinajstić information content (AvgIpc) is 3.38. The highest BCUT2D eigenvalue weighted by Gasteiger charge is 2.46. The van der Waals surface area contributed by atoms with Crippen LogP contribution in [0.15, 0.2) is 54.6 Å². The number of hydrogen-bond donors (Lipinski definition) is 1. The fourth-order valence-electron chi connectivity index (χ4n) is 4.55. The predicted molar refractivity (Wildman–Crippen MR) is 123 cm³/mol. The van der Waals surface area contributed by atoms with Crippen LogP contribution in [0.3, 0.4) is 0 Å². The zero-order valence-corrected chi connectivity index (χ0v) is 18.7. The summed E-state index contributed by atoms with van der Waals surface area (Å²) in [5, 5.41) is 3.02. The zero-order chi connectivity index (χ0) is 22.4.